The number of aromatic hydroxyl groups is 1. The maximum absolute atomic E-state index is 12.0. The van der Waals surface area contributed by atoms with Crippen LogP contribution in [-0.4, -0.2) is 5.11 Å². The van der Waals surface area contributed by atoms with Gasteiger partial charge in [0.05, 0.1) is 0 Å². The van der Waals surface area contributed by atoms with E-state index in [4.69, 9.17) is 14.2 Å². The van der Waals surface area contributed by atoms with E-state index < -0.39 is 0 Å². The van der Waals surface area contributed by atoms with Gasteiger partial charge >= 0.3 is 0 Å². The van der Waals surface area contributed by atoms with Gasteiger partial charge in [-0.2, -0.15) is 0 Å². The van der Waals surface area contributed by atoms with Crippen molar-refractivity contribution in [3.63, 3.8) is 0 Å². The molecule has 4 nitrogen and oxygen atoms in total. The molecule has 0 fully saturated rings. The van der Waals surface area contributed by atoms with E-state index in [0.29, 0.717) is 0 Å². The van der Waals surface area contributed by atoms with E-state index in [1.54, 1.807) is 0 Å². The van der Waals surface area contributed by atoms with Crippen molar-refractivity contribution in [1.82, 2.24) is 0 Å². The van der Waals surface area contributed by atoms with Gasteiger partial charge in [-0.3, -0.25) is 0 Å². The summed E-state index contributed by atoms with van der Waals surface area (Å²) in [5, 5.41) is 12.0. The zero-order chi connectivity index (χ0) is 36.6. The summed E-state index contributed by atoms with van der Waals surface area (Å²) >= 11 is 0. The molecular formula is C48H66O4. The molecule has 0 aliphatic heterocycles. The Hall–Kier alpha value is -3.92. The summed E-state index contributed by atoms with van der Waals surface area (Å²) in [5.74, 6) is 2.77. The highest BCUT2D eigenvalue weighted by Crippen LogP contribution is 2.45. The number of phenols is 1. The molecule has 1 N–H and O–H groups in total. The summed E-state index contributed by atoms with van der Waals surface area (Å²) in [7, 11) is 0. The second-order valence-corrected chi connectivity index (χ2v) is 14.4. The van der Waals surface area contributed by atoms with Gasteiger partial charge < -0.3 is 19.3 Å². The van der Waals surface area contributed by atoms with E-state index in [9.17, 15) is 5.11 Å². The van der Waals surface area contributed by atoms with Crippen molar-refractivity contribution in [2.45, 2.75) is 155 Å². The molecule has 4 aromatic carbocycles. The number of hydrogen-bond donors (Lipinski definition) is 1. The number of benzene rings is 4. The van der Waals surface area contributed by atoms with E-state index in [1.807, 2.05) is 97.1 Å². The van der Waals surface area contributed by atoms with E-state index >= 15 is 0 Å². The fourth-order valence-corrected chi connectivity index (χ4v) is 7.21. The first-order chi connectivity index (χ1) is 25.6. The Kier molecular flexibility index (Phi) is 19.1. The quantitative estimate of drug-likeness (QED) is 0.0627. The van der Waals surface area contributed by atoms with Crippen molar-refractivity contribution in [3.05, 3.63) is 120 Å². The number of hydrogen-bond acceptors (Lipinski definition) is 4. The van der Waals surface area contributed by atoms with Crippen LogP contribution in [0.4, 0.5) is 0 Å². The smallest absolute Gasteiger partial charge is 0.128 e. The van der Waals surface area contributed by atoms with Gasteiger partial charge in [0.15, 0.2) is 0 Å². The van der Waals surface area contributed by atoms with Crippen molar-refractivity contribution in [1.29, 1.82) is 0 Å². The average Bonchev–Trinajstić information content (AvgIpc) is 3.17. The van der Waals surface area contributed by atoms with Gasteiger partial charge in [0.25, 0.3) is 0 Å². The van der Waals surface area contributed by atoms with E-state index in [2.05, 4.69) is 26.8 Å². The molecule has 0 saturated heterocycles. The lowest BCUT2D eigenvalue weighted by molar-refractivity contribution is 0.152. The third-order valence-corrected chi connectivity index (χ3v) is 10.1. The highest BCUT2D eigenvalue weighted by atomic mass is 16.5. The van der Waals surface area contributed by atoms with Crippen molar-refractivity contribution < 1.29 is 19.3 Å². The number of rotatable bonds is 27. The molecule has 0 saturated carbocycles. The first kappa shape index (κ1) is 40.8. The van der Waals surface area contributed by atoms with E-state index in [-0.39, 0.29) is 24.1 Å². The fraction of sp³-hybridized carbons (Fsp3) is 0.500. The molecule has 4 aromatic rings. The predicted molar refractivity (Wildman–Crippen MR) is 218 cm³/mol. The predicted octanol–water partition coefficient (Wildman–Crippen LogP) is 14.8. The zero-order valence-corrected chi connectivity index (χ0v) is 32.4. The lowest BCUT2D eigenvalue weighted by Crippen LogP contribution is -2.21. The largest absolute Gasteiger partial charge is 0.508 e. The van der Waals surface area contributed by atoms with Gasteiger partial charge in [-0.05, 0) is 86.6 Å². The molecule has 52 heavy (non-hydrogen) atoms. The molecule has 0 radical (unpaired) electrons. The molecule has 4 heteroatoms. The van der Waals surface area contributed by atoms with Crippen LogP contribution >= 0.6 is 0 Å². The molecule has 0 aromatic heterocycles. The van der Waals surface area contributed by atoms with Gasteiger partial charge in [-0.15, -0.1) is 0 Å². The average molecular weight is 707 g/mol. The Morgan fingerprint density at radius 1 is 0.385 bits per heavy atom. The summed E-state index contributed by atoms with van der Waals surface area (Å²) < 4.78 is 20.9. The SMILES string of the molecule is CCCCCCCC(Oc1ccccc1)c1ccc(O)c(C(CCCCCCC)Oc2ccccc2)c1C(CCCCCCC)Oc1ccccc1. The second kappa shape index (κ2) is 24.3. The Morgan fingerprint density at radius 3 is 1.13 bits per heavy atom. The Balaban J connectivity index is 1.87. The normalized spacial score (nSPS) is 13.0. The third-order valence-electron chi connectivity index (χ3n) is 10.1. The molecule has 0 spiro atoms. The van der Waals surface area contributed by atoms with Crippen LogP contribution in [0.25, 0.3) is 0 Å². The fourth-order valence-electron chi connectivity index (χ4n) is 7.21. The molecule has 0 bridgehead atoms. The molecule has 0 aliphatic rings. The van der Waals surface area contributed by atoms with Gasteiger partial charge in [-0.25, -0.2) is 0 Å². The minimum Gasteiger partial charge on any atom is -0.508 e. The van der Waals surface area contributed by atoms with Crippen LogP contribution in [0, 0.1) is 0 Å². The maximum Gasteiger partial charge on any atom is 0.128 e. The molecule has 0 amide bonds. The maximum atomic E-state index is 12.0. The monoisotopic (exact) mass is 706 g/mol. The van der Waals surface area contributed by atoms with Gasteiger partial charge in [-0.1, -0.05) is 158 Å². The van der Waals surface area contributed by atoms with E-state index in [0.717, 1.165) is 85.3 Å². The van der Waals surface area contributed by atoms with Crippen molar-refractivity contribution in [2.24, 2.45) is 0 Å². The van der Waals surface area contributed by atoms with Gasteiger partial charge in [0.1, 0.15) is 41.3 Å². The number of phenolic OH excluding ortho intramolecular Hbond substituents is 1. The standard InChI is InChI=1S/C48H66O4/c1-4-7-10-13-25-34-44(50-39-28-19-16-20-29-39)42-37-38-43(49)48(46(36-27-15-12-9-6-3)52-41-32-23-18-24-33-41)47(42)45(35-26-14-11-8-5-2)51-40-30-21-17-22-31-40/h16-24,28-33,37-38,44-46,49H,4-15,25-27,34-36H2,1-3H3. The first-order valence-corrected chi connectivity index (χ1v) is 20.6. The lowest BCUT2D eigenvalue weighted by Gasteiger charge is -2.32. The van der Waals surface area contributed by atoms with E-state index in [1.165, 1.54) is 64.2 Å². The van der Waals surface area contributed by atoms with Crippen molar-refractivity contribution in [2.75, 3.05) is 0 Å². The second-order valence-electron chi connectivity index (χ2n) is 14.4. The van der Waals surface area contributed by atoms with Crippen LogP contribution in [-0.2, 0) is 0 Å². The number of unbranched alkanes of at least 4 members (excludes halogenated alkanes) is 12. The van der Waals surface area contributed by atoms with Gasteiger partial charge in [0.2, 0.25) is 0 Å². The minimum atomic E-state index is -0.345. The summed E-state index contributed by atoms with van der Waals surface area (Å²) in [5.41, 5.74) is 2.97. The Labute approximate surface area is 315 Å². The highest BCUT2D eigenvalue weighted by molar-refractivity contribution is 5.49. The summed E-state index contributed by atoms with van der Waals surface area (Å²) in [4.78, 5) is 0. The Morgan fingerprint density at radius 2 is 0.731 bits per heavy atom. The van der Waals surface area contributed by atoms with Crippen LogP contribution in [0.2, 0.25) is 0 Å². The van der Waals surface area contributed by atoms with Crippen LogP contribution in [0.3, 0.4) is 0 Å². The lowest BCUT2D eigenvalue weighted by atomic mass is 9.85. The number of ether oxygens (including phenoxy) is 3. The summed E-state index contributed by atoms with van der Waals surface area (Å²) in [6.45, 7) is 6.78. The molecule has 0 heterocycles. The molecule has 282 valence electrons. The summed E-state index contributed by atoms with van der Waals surface area (Å²) in [6, 6.07) is 34.5. The topological polar surface area (TPSA) is 47.9 Å². The molecule has 3 unspecified atom stereocenters. The molecular weight excluding hydrogens is 641 g/mol. The van der Waals surface area contributed by atoms with Gasteiger partial charge in [0, 0.05) is 11.1 Å². The summed E-state index contributed by atoms with van der Waals surface area (Å²) in [6.07, 6.45) is 19.2. The Bertz CT molecular complexity index is 1470. The molecule has 3 atom stereocenters. The highest BCUT2D eigenvalue weighted by Gasteiger charge is 2.32. The zero-order valence-electron chi connectivity index (χ0n) is 32.4. The minimum absolute atomic E-state index is 0.206. The van der Waals surface area contributed by atoms with Crippen LogP contribution in [0.5, 0.6) is 23.0 Å². The molecule has 4 rings (SSSR count). The van der Waals surface area contributed by atoms with Crippen LogP contribution in [0.1, 0.15) is 171 Å². The van der Waals surface area contributed by atoms with Crippen LogP contribution < -0.4 is 14.2 Å². The number of para-hydroxylation sites is 3. The first-order valence-electron chi connectivity index (χ1n) is 20.6. The van der Waals surface area contributed by atoms with Crippen molar-refractivity contribution in [3.8, 4) is 23.0 Å². The third kappa shape index (κ3) is 13.9. The van der Waals surface area contributed by atoms with Crippen LogP contribution in [0.15, 0.2) is 103 Å². The van der Waals surface area contributed by atoms with Crippen molar-refractivity contribution >= 4 is 0 Å². The molecule has 0 aliphatic carbocycles.